The molecule has 15 heavy (non-hydrogen) atoms. The van der Waals surface area contributed by atoms with Crippen LogP contribution in [0.25, 0.3) is 0 Å². The predicted octanol–water partition coefficient (Wildman–Crippen LogP) is 1.62. The largest absolute Gasteiger partial charge is 0.342 e. The van der Waals surface area contributed by atoms with E-state index >= 15 is 0 Å². The van der Waals surface area contributed by atoms with E-state index in [-0.39, 0.29) is 11.8 Å². The maximum Gasteiger partial charge on any atom is 0.226 e. The van der Waals surface area contributed by atoms with Crippen LogP contribution in [-0.2, 0) is 4.79 Å². The lowest BCUT2D eigenvalue weighted by molar-refractivity contribution is -0.135. The first kappa shape index (κ1) is 12.5. The number of rotatable bonds is 7. The number of hydrogen-bond acceptors (Lipinski definition) is 2. The van der Waals surface area contributed by atoms with E-state index in [9.17, 15) is 4.79 Å². The molecule has 3 nitrogen and oxygen atoms in total. The minimum atomic E-state index is 0.0497. The van der Waals surface area contributed by atoms with Gasteiger partial charge in [0.15, 0.2) is 0 Å². The Morgan fingerprint density at radius 2 is 2.13 bits per heavy atom. The van der Waals surface area contributed by atoms with Crippen LogP contribution in [0, 0.1) is 11.8 Å². The Kier molecular flexibility index (Phi) is 5.09. The van der Waals surface area contributed by atoms with Crippen molar-refractivity contribution in [2.24, 2.45) is 17.6 Å². The molecule has 1 atom stereocenters. The van der Waals surface area contributed by atoms with Gasteiger partial charge in [-0.25, -0.2) is 0 Å². The van der Waals surface area contributed by atoms with E-state index < -0.39 is 0 Å². The van der Waals surface area contributed by atoms with Crippen molar-refractivity contribution in [1.29, 1.82) is 0 Å². The van der Waals surface area contributed by atoms with Crippen LogP contribution < -0.4 is 5.73 Å². The third-order valence-electron chi connectivity index (χ3n) is 3.14. The highest BCUT2D eigenvalue weighted by atomic mass is 16.2. The lowest BCUT2D eigenvalue weighted by Crippen LogP contribution is -2.40. The molecule has 0 spiro atoms. The number of nitrogens with zero attached hydrogens (tertiary/aromatic N) is 1. The van der Waals surface area contributed by atoms with Crippen LogP contribution in [0.4, 0.5) is 0 Å². The molecule has 0 saturated heterocycles. The summed E-state index contributed by atoms with van der Waals surface area (Å²) in [6.45, 7) is 6.44. The highest BCUT2D eigenvalue weighted by Crippen LogP contribution is 2.30. The maximum absolute atomic E-state index is 12.1. The number of hydrogen-bond donors (Lipinski definition) is 1. The fourth-order valence-corrected chi connectivity index (χ4v) is 1.94. The molecule has 2 N–H and O–H groups in total. The Hall–Kier alpha value is -0.570. The van der Waals surface area contributed by atoms with Crippen LogP contribution in [0.2, 0.25) is 0 Å². The molecule has 0 aromatic heterocycles. The molecule has 3 heteroatoms. The average Bonchev–Trinajstić information content (AvgIpc) is 3.05. The summed E-state index contributed by atoms with van der Waals surface area (Å²) >= 11 is 0. The van der Waals surface area contributed by atoms with Crippen molar-refractivity contribution in [1.82, 2.24) is 4.90 Å². The monoisotopic (exact) mass is 212 g/mol. The van der Waals surface area contributed by atoms with Crippen LogP contribution in [0.5, 0.6) is 0 Å². The second kappa shape index (κ2) is 6.11. The molecule has 1 amide bonds. The Balaban J connectivity index is 2.44. The summed E-state index contributed by atoms with van der Waals surface area (Å²) in [4.78, 5) is 14.1. The van der Waals surface area contributed by atoms with Gasteiger partial charge in [-0.1, -0.05) is 13.3 Å². The smallest absolute Gasteiger partial charge is 0.226 e. The molecule has 1 saturated carbocycles. The first-order chi connectivity index (χ1) is 7.22. The van der Waals surface area contributed by atoms with Gasteiger partial charge in [-0.2, -0.15) is 0 Å². The second-order valence-electron chi connectivity index (χ2n) is 4.54. The summed E-state index contributed by atoms with van der Waals surface area (Å²) in [6, 6.07) is 0. The van der Waals surface area contributed by atoms with Crippen LogP contribution in [0.1, 0.15) is 39.5 Å². The normalized spacial score (nSPS) is 17.5. The third-order valence-corrected chi connectivity index (χ3v) is 3.14. The Labute approximate surface area is 93.0 Å². The molecule has 0 aliphatic heterocycles. The van der Waals surface area contributed by atoms with Gasteiger partial charge in [0.05, 0.1) is 5.92 Å². The standard InChI is InChI=1S/C12H24N2O/c1-3-5-11(8-13)12(15)14(4-2)9-10-6-7-10/h10-11H,3-9,13H2,1-2H3. The Bertz CT molecular complexity index is 202. The summed E-state index contributed by atoms with van der Waals surface area (Å²) in [5, 5.41) is 0. The lowest BCUT2D eigenvalue weighted by atomic mass is 10.0. The Morgan fingerprint density at radius 3 is 2.53 bits per heavy atom. The molecule has 0 radical (unpaired) electrons. The van der Waals surface area contributed by atoms with Crippen molar-refractivity contribution in [3.8, 4) is 0 Å². The van der Waals surface area contributed by atoms with E-state index in [1.54, 1.807) is 0 Å². The average molecular weight is 212 g/mol. The number of carbonyl (C=O) groups excluding carboxylic acids is 1. The summed E-state index contributed by atoms with van der Waals surface area (Å²) < 4.78 is 0. The van der Waals surface area contributed by atoms with E-state index in [2.05, 4.69) is 13.8 Å². The molecule has 1 fully saturated rings. The predicted molar refractivity (Wildman–Crippen MR) is 62.4 cm³/mol. The van der Waals surface area contributed by atoms with E-state index in [0.717, 1.165) is 31.8 Å². The van der Waals surface area contributed by atoms with Crippen molar-refractivity contribution in [2.75, 3.05) is 19.6 Å². The van der Waals surface area contributed by atoms with Gasteiger partial charge in [0.25, 0.3) is 0 Å². The molecule has 1 rings (SSSR count). The SMILES string of the molecule is CCCC(CN)C(=O)N(CC)CC1CC1. The van der Waals surface area contributed by atoms with Gasteiger partial charge in [0.2, 0.25) is 5.91 Å². The van der Waals surface area contributed by atoms with Crippen molar-refractivity contribution < 1.29 is 4.79 Å². The molecule has 0 heterocycles. The molecule has 0 aromatic rings. The van der Waals surface area contributed by atoms with Crippen molar-refractivity contribution in [3.05, 3.63) is 0 Å². The van der Waals surface area contributed by atoms with E-state index in [4.69, 9.17) is 5.73 Å². The zero-order chi connectivity index (χ0) is 11.3. The van der Waals surface area contributed by atoms with Crippen molar-refractivity contribution in [2.45, 2.75) is 39.5 Å². The highest BCUT2D eigenvalue weighted by Gasteiger charge is 2.28. The van der Waals surface area contributed by atoms with Crippen LogP contribution in [0.3, 0.4) is 0 Å². The molecule has 0 bridgehead atoms. The first-order valence-electron chi connectivity index (χ1n) is 6.21. The summed E-state index contributed by atoms with van der Waals surface area (Å²) in [7, 11) is 0. The van der Waals surface area contributed by atoms with Gasteiger partial charge in [-0.3, -0.25) is 4.79 Å². The van der Waals surface area contributed by atoms with Gasteiger partial charge in [-0.05, 0) is 32.1 Å². The molecular weight excluding hydrogens is 188 g/mol. The minimum Gasteiger partial charge on any atom is -0.342 e. The van der Waals surface area contributed by atoms with Crippen LogP contribution >= 0.6 is 0 Å². The highest BCUT2D eigenvalue weighted by molar-refractivity contribution is 5.79. The fourth-order valence-electron chi connectivity index (χ4n) is 1.94. The van der Waals surface area contributed by atoms with Crippen molar-refractivity contribution in [3.63, 3.8) is 0 Å². The molecule has 0 aromatic carbocycles. The van der Waals surface area contributed by atoms with E-state index in [1.165, 1.54) is 12.8 Å². The zero-order valence-electron chi connectivity index (χ0n) is 10.0. The van der Waals surface area contributed by atoms with Gasteiger partial charge in [0, 0.05) is 19.6 Å². The topological polar surface area (TPSA) is 46.3 Å². The first-order valence-corrected chi connectivity index (χ1v) is 6.21. The molecule has 1 aliphatic carbocycles. The van der Waals surface area contributed by atoms with Gasteiger partial charge < -0.3 is 10.6 Å². The number of amides is 1. The van der Waals surface area contributed by atoms with Gasteiger partial charge >= 0.3 is 0 Å². The summed E-state index contributed by atoms with van der Waals surface area (Å²) in [5.41, 5.74) is 5.65. The minimum absolute atomic E-state index is 0.0497. The van der Waals surface area contributed by atoms with E-state index in [1.807, 2.05) is 4.90 Å². The molecule has 88 valence electrons. The number of carbonyl (C=O) groups is 1. The van der Waals surface area contributed by atoms with Crippen LogP contribution in [0.15, 0.2) is 0 Å². The third kappa shape index (κ3) is 3.82. The van der Waals surface area contributed by atoms with Crippen LogP contribution in [-0.4, -0.2) is 30.4 Å². The molecule has 1 aliphatic rings. The van der Waals surface area contributed by atoms with Crippen molar-refractivity contribution >= 4 is 5.91 Å². The lowest BCUT2D eigenvalue weighted by Gasteiger charge is -2.25. The fraction of sp³-hybridized carbons (Fsp3) is 0.917. The maximum atomic E-state index is 12.1. The van der Waals surface area contributed by atoms with E-state index in [0.29, 0.717) is 6.54 Å². The number of nitrogens with two attached hydrogens (primary N) is 1. The quantitative estimate of drug-likeness (QED) is 0.697. The van der Waals surface area contributed by atoms with Gasteiger partial charge in [0.1, 0.15) is 0 Å². The second-order valence-corrected chi connectivity index (χ2v) is 4.54. The molecular formula is C12H24N2O. The zero-order valence-corrected chi connectivity index (χ0v) is 10.0. The summed E-state index contributed by atoms with van der Waals surface area (Å²) in [5.74, 6) is 1.09. The summed E-state index contributed by atoms with van der Waals surface area (Å²) in [6.07, 6.45) is 4.56. The van der Waals surface area contributed by atoms with Gasteiger partial charge in [-0.15, -0.1) is 0 Å². The Morgan fingerprint density at radius 1 is 1.47 bits per heavy atom. The molecule has 1 unspecified atom stereocenters.